The third-order valence-electron chi connectivity index (χ3n) is 3.69. The van der Waals surface area contributed by atoms with Crippen molar-refractivity contribution in [2.75, 3.05) is 6.61 Å². The molecule has 15 heavy (non-hydrogen) atoms. The molecule has 0 saturated carbocycles. The summed E-state index contributed by atoms with van der Waals surface area (Å²) in [5.41, 5.74) is -0.889. The molecule has 2 rings (SSSR count). The number of carbonyl (C=O) groups excluding carboxylic acids is 1. The van der Waals surface area contributed by atoms with E-state index in [0.29, 0.717) is 6.61 Å². The Labute approximate surface area is 87.9 Å². The Hall–Kier alpha value is -1.32. The minimum atomic E-state index is -0.918. The van der Waals surface area contributed by atoms with Crippen LogP contribution in [0.5, 0.6) is 0 Å². The molecule has 2 aliphatic rings. The Morgan fingerprint density at radius 1 is 1.60 bits per heavy atom. The van der Waals surface area contributed by atoms with Crippen LogP contribution >= 0.6 is 0 Å². The van der Waals surface area contributed by atoms with Crippen LogP contribution in [0.4, 0.5) is 0 Å². The molecule has 4 nitrogen and oxygen atoms in total. The third kappa shape index (κ3) is 1.20. The first kappa shape index (κ1) is 10.2. The monoisotopic (exact) mass is 210 g/mol. The van der Waals surface area contributed by atoms with Crippen molar-refractivity contribution in [2.45, 2.75) is 13.8 Å². The number of hydrogen-bond acceptors (Lipinski definition) is 3. The molecule has 0 aromatic rings. The van der Waals surface area contributed by atoms with Crippen LogP contribution in [0, 0.1) is 23.2 Å². The summed E-state index contributed by atoms with van der Waals surface area (Å²) in [7, 11) is 0. The molecule has 1 aliphatic heterocycles. The zero-order valence-electron chi connectivity index (χ0n) is 8.77. The van der Waals surface area contributed by atoms with Gasteiger partial charge in [0, 0.05) is 5.92 Å². The molecule has 0 unspecified atom stereocenters. The number of fused-ring (bicyclic) bond motifs is 1. The SMILES string of the molecule is C[C@@H]1C=C[C@@H]2COC(=O)[C@]2(C)[C@@H]1C(=O)O. The summed E-state index contributed by atoms with van der Waals surface area (Å²) in [6.45, 7) is 3.83. The number of allylic oxidation sites excluding steroid dienone is 1. The third-order valence-corrected chi connectivity index (χ3v) is 3.69. The summed E-state index contributed by atoms with van der Waals surface area (Å²) >= 11 is 0. The van der Waals surface area contributed by atoms with E-state index in [9.17, 15) is 14.7 Å². The van der Waals surface area contributed by atoms with Gasteiger partial charge in [-0.05, 0) is 12.8 Å². The second-order valence-corrected chi connectivity index (χ2v) is 4.55. The highest BCUT2D eigenvalue weighted by molar-refractivity contribution is 5.87. The molecule has 0 bridgehead atoms. The van der Waals surface area contributed by atoms with Gasteiger partial charge in [-0.1, -0.05) is 19.1 Å². The Morgan fingerprint density at radius 2 is 2.27 bits per heavy atom. The highest BCUT2D eigenvalue weighted by atomic mass is 16.5. The van der Waals surface area contributed by atoms with E-state index in [2.05, 4.69) is 0 Å². The van der Waals surface area contributed by atoms with Gasteiger partial charge >= 0.3 is 11.9 Å². The molecule has 1 aliphatic carbocycles. The number of carboxylic acids is 1. The molecule has 0 radical (unpaired) electrons. The number of aliphatic carboxylic acids is 1. The zero-order valence-corrected chi connectivity index (χ0v) is 8.77. The van der Waals surface area contributed by atoms with Crippen molar-refractivity contribution in [1.29, 1.82) is 0 Å². The van der Waals surface area contributed by atoms with Crippen molar-refractivity contribution in [3.8, 4) is 0 Å². The molecule has 0 spiro atoms. The first-order valence-electron chi connectivity index (χ1n) is 5.06. The zero-order chi connectivity index (χ0) is 11.2. The first-order chi connectivity index (χ1) is 6.98. The van der Waals surface area contributed by atoms with Crippen molar-refractivity contribution >= 4 is 11.9 Å². The van der Waals surface area contributed by atoms with Gasteiger partial charge in [-0.25, -0.2) is 0 Å². The van der Waals surface area contributed by atoms with Crippen LogP contribution in [0.3, 0.4) is 0 Å². The number of rotatable bonds is 1. The van der Waals surface area contributed by atoms with E-state index in [1.165, 1.54) is 0 Å². The van der Waals surface area contributed by atoms with E-state index in [0.717, 1.165) is 0 Å². The lowest BCUT2D eigenvalue weighted by atomic mass is 9.62. The summed E-state index contributed by atoms with van der Waals surface area (Å²) in [6, 6.07) is 0. The van der Waals surface area contributed by atoms with Gasteiger partial charge in [-0.2, -0.15) is 0 Å². The molecule has 0 aromatic heterocycles. The number of carboxylic acid groups (broad SMARTS) is 1. The van der Waals surface area contributed by atoms with Crippen LogP contribution in [0.25, 0.3) is 0 Å². The minimum Gasteiger partial charge on any atom is -0.481 e. The molecule has 4 heteroatoms. The fraction of sp³-hybridized carbons (Fsp3) is 0.636. The molecule has 1 saturated heterocycles. The van der Waals surface area contributed by atoms with E-state index >= 15 is 0 Å². The lowest BCUT2D eigenvalue weighted by molar-refractivity contribution is -0.160. The van der Waals surface area contributed by atoms with Crippen molar-refractivity contribution in [3.63, 3.8) is 0 Å². The van der Waals surface area contributed by atoms with Gasteiger partial charge in [0.15, 0.2) is 0 Å². The summed E-state index contributed by atoms with van der Waals surface area (Å²) in [5, 5.41) is 9.20. The highest BCUT2D eigenvalue weighted by Crippen LogP contribution is 2.49. The first-order valence-corrected chi connectivity index (χ1v) is 5.06. The average molecular weight is 210 g/mol. The van der Waals surface area contributed by atoms with Crippen LogP contribution in [0.1, 0.15) is 13.8 Å². The van der Waals surface area contributed by atoms with Crippen LogP contribution in [-0.4, -0.2) is 23.7 Å². The summed E-state index contributed by atoms with van der Waals surface area (Å²) in [6.07, 6.45) is 3.78. The Balaban J connectivity index is 2.48. The van der Waals surface area contributed by atoms with Crippen molar-refractivity contribution in [2.24, 2.45) is 23.2 Å². The molecule has 0 amide bonds. The molecule has 1 fully saturated rings. The summed E-state index contributed by atoms with van der Waals surface area (Å²) in [4.78, 5) is 22.9. The van der Waals surface area contributed by atoms with E-state index < -0.39 is 17.3 Å². The molecular weight excluding hydrogens is 196 g/mol. The van der Waals surface area contributed by atoms with E-state index in [1.54, 1.807) is 6.92 Å². The summed E-state index contributed by atoms with van der Waals surface area (Å²) < 4.78 is 4.98. The standard InChI is InChI=1S/C11H14O4/c1-6-3-4-7-5-15-10(14)11(7,2)8(6)9(12)13/h3-4,6-8H,5H2,1-2H3,(H,12,13)/t6-,7-,8+,11+/m1/s1. The maximum Gasteiger partial charge on any atom is 0.313 e. The Bertz CT molecular complexity index is 346. The normalized spacial score (nSPS) is 43.6. The van der Waals surface area contributed by atoms with Gasteiger partial charge in [0.25, 0.3) is 0 Å². The van der Waals surface area contributed by atoms with Gasteiger partial charge in [0.2, 0.25) is 0 Å². The maximum atomic E-state index is 11.7. The van der Waals surface area contributed by atoms with Crippen molar-refractivity contribution < 1.29 is 19.4 Å². The quantitative estimate of drug-likeness (QED) is 0.519. The van der Waals surface area contributed by atoms with Gasteiger partial charge in [0.1, 0.15) is 0 Å². The molecule has 0 aromatic carbocycles. The molecule has 1 N–H and O–H groups in total. The second-order valence-electron chi connectivity index (χ2n) is 4.55. The Kier molecular flexibility index (Phi) is 2.10. The van der Waals surface area contributed by atoms with E-state index in [1.807, 2.05) is 19.1 Å². The molecule has 82 valence electrons. The van der Waals surface area contributed by atoms with Crippen molar-refractivity contribution in [3.05, 3.63) is 12.2 Å². The van der Waals surface area contributed by atoms with Crippen LogP contribution in [0.15, 0.2) is 12.2 Å². The van der Waals surface area contributed by atoms with Crippen molar-refractivity contribution in [1.82, 2.24) is 0 Å². The van der Waals surface area contributed by atoms with E-state index in [-0.39, 0.29) is 17.8 Å². The maximum absolute atomic E-state index is 11.7. The smallest absolute Gasteiger partial charge is 0.313 e. The number of carbonyl (C=O) groups is 2. The van der Waals surface area contributed by atoms with Gasteiger partial charge in [0.05, 0.1) is 17.9 Å². The number of cyclic esters (lactones) is 1. The molecule has 1 heterocycles. The average Bonchev–Trinajstić information content (AvgIpc) is 2.42. The lowest BCUT2D eigenvalue weighted by Crippen LogP contribution is -2.46. The second kappa shape index (κ2) is 3.08. The Morgan fingerprint density at radius 3 is 2.87 bits per heavy atom. The fourth-order valence-electron chi connectivity index (χ4n) is 2.71. The fourth-order valence-corrected chi connectivity index (χ4v) is 2.71. The number of esters is 1. The minimum absolute atomic E-state index is 0.0951. The van der Waals surface area contributed by atoms with Crippen LogP contribution in [0.2, 0.25) is 0 Å². The molecule has 4 atom stereocenters. The van der Waals surface area contributed by atoms with Crippen LogP contribution in [-0.2, 0) is 14.3 Å². The summed E-state index contributed by atoms with van der Waals surface area (Å²) in [5.74, 6) is -2.20. The van der Waals surface area contributed by atoms with E-state index in [4.69, 9.17) is 4.74 Å². The topological polar surface area (TPSA) is 63.6 Å². The largest absolute Gasteiger partial charge is 0.481 e. The predicted octanol–water partition coefficient (Wildman–Crippen LogP) is 1.07. The van der Waals surface area contributed by atoms with Crippen LogP contribution < -0.4 is 0 Å². The number of ether oxygens (including phenoxy) is 1. The number of hydrogen-bond donors (Lipinski definition) is 1. The predicted molar refractivity (Wildman–Crippen MR) is 52.0 cm³/mol. The van der Waals surface area contributed by atoms with Gasteiger partial charge < -0.3 is 9.84 Å². The lowest BCUT2D eigenvalue weighted by Gasteiger charge is -2.37. The highest BCUT2D eigenvalue weighted by Gasteiger charge is 2.58. The van der Waals surface area contributed by atoms with Gasteiger partial charge in [-0.3, -0.25) is 9.59 Å². The molecular formula is C11H14O4. The van der Waals surface area contributed by atoms with Gasteiger partial charge in [-0.15, -0.1) is 0 Å².